The van der Waals surface area contributed by atoms with Crippen LogP contribution in [0.5, 0.6) is 0 Å². The predicted molar refractivity (Wildman–Crippen MR) is 59.2 cm³/mol. The minimum absolute atomic E-state index is 0.00829. The van der Waals surface area contributed by atoms with Crippen LogP contribution in [0, 0.1) is 0 Å². The van der Waals surface area contributed by atoms with Gasteiger partial charge >= 0.3 is 0 Å². The monoisotopic (exact) mass is 228 g/mol. The minimum atomic E-state index is -0.324. The SMILES string of the molecule is COC1CCC(NC(=O)C2CNCCO2)C1. The molecule has 3 atom stereocenters. The molecule has 1 saturated heterocycles. The van der Waals surface area contributed by atoms with Crippen LogP contribution < -0.4 is 10.6 Å². The first kappa shape index (κ1) is 11.8. The molecule has 1 aliphatic carbocycles. The Morgan fingerprint density at radius 1 is 1.50 bits per heavy atom. The molecule has 1 saturated carbocycles. The van der Waals surface area contributed by atoms with Crippen LogP contribution in [-0.4, -0.2) is 51.0 Å². The van der Waals surface area contributed by atoms with Crippen molar-refractivity contribution in [2.24, 2.45) is 0 Å². The summed E-state index contributed by atoms with van der Waals surface area (Å²) in [7, 11) is 1.73. The summed E-state index contributed by atoms with van der Waals surface area (Å²) < 4.78 is 10.7. The molecule has 2 aliphatic rings. The van der Waals surface area contributed by atoms with Gasteiger partial charge in [0, 0.05) is 26.2 Å². The molecule has 0 spiro atoms. The zero-order chi connectivity index (χ0) is 11.4. The fourth-order valence-corrected chi connectivity index (χ4v) is 2.31. The lowest BCUT2D eigenvalue weighted by Gasteiger charge is -2.24. The number of carbonyl (C=O) groups is 1. The number of rotatable bonds is 3. The van der Waals surface area contributed by atoms with E-state index in [1.54, 1.807) is 7.11 Å². The highest BCUT2D eigenvalue weighted by Crippen LogP contribution is 2.21. The van der Waals surface area contributed by atoms with E-state index in [0.717, 1.165) is 25.8 Å². The summed E-state index contributed by atoms with van der Waals surface area (Å²) in [6.45, 7) is 2.06. The van der Waals surface area contributed by atoms with E-state index in [4.69, 9.17) is 9.47 Å². The summed E-state index contributed by atoms with van der Waals surface area (Å²) in [6, 6.07) is 0.253. The summed E-state index contributed by atoms with van der Waals surface area (Å²) in [5, 5.41) is 6.18. The van der Waals surface area contributed by atoms with Crippen molar-refractivity contribution in [1.82, 2.24) is 10.6 Å². The van der Waals surface area contributed by atoms with Crippen LogP contribution in [0.1, 0.15) is 19.3 Å². The van der Waals surface area contributed by atoms with Crippen LogP contribution in [0.4, 0.5) is 0 Å². The average Bonchev–Trinajstić information content (AvgIpc) is 2.78. The molecule has 92 valence electrons. The molecule has 0 aromatic carbocycles. The Balaban J connectivity index is 1.74. The topological polar surface area (TPSA) is 59.6 Å². The summed E-state index contributed by atoms with van der Waals surface area (Å²) in [5.74, 6) is 0.00829. The summed E-state index contributed by atoms with van der Waals surface area (Å²) in [6.07, 6.45) is 2.93. The van der Waals surface area contributed by atoms with E-state index in [0.29, 0.717) is 19.3 Å². The molecule has 2 rings (SSSR count). The largest absolute Gasteiger partial charge is 0.381 e. The first-order chi connectivity index (χ1) is 7.79. The van der Waals surface area contributed by atoms with Gasteiger partial charge in [-0.3, -0.25) is 4.79 Å². The lowest BCUT2D eigenvalue weighted by atomic mass is 10.2. The van der Waals surface area contributed by atoms with Crippen molar-refractivity contribution in [2.45, 2.75) is 37.5 Å². The van der Waals surface area contributed by atoms with E-state index < -0.39 is 0 Å². The van der Waals surface area contributed by atoms with E-state index in [1.165, 1.54) is 0 Å². The maximum absolute atomic E-state index is 11.8. The van der Waals surface area contributed by atoms with Gasteiger partial charge in [-0.2, -0.15) is 0 Å². The summed E-state index contributed by atoms with van der Waals surface area (Å²) in [5.41, 5.74) is 0. The van der Waals surface area contributed by atoms with E-state index in [2.05, 4.69) is 10.6 Å². The quantitative estimate of drug-likeness (QED) is 0.694. The molecular formula is C11H20N2O3. The zero-order valence-electron chi connectivity index (χ0n) is 9.70. The zero-order valence-corrected chi connectivity index (χ0v) is 9.70. The Morgan fingerprint density at radius 3 is 3.00 bits per heavy atom. The normalized spacial score (nSPS) is 34.9. The summed E-state index contributed by atoms with van der Waals surface area (Å²) in [4.78, 5) is 11.8. The first-order valence-corrected chi connectivity index (χ1v) is 5.95. The van der Waals surface area contributed by atoms with Crippen molar-refractivity contribution < 1.29 is 14.3 Å². The van der Waals surface area contributed by atoms with E-state index >= 15 is 0 Å². The second-order valence-electron chi connectivity index (χ2n) is 4.44. The molecule has 1 amide bonds. The van der Waals surface area contributed by atoms with Crippen LogP contribution >= 0.6 is 0 Å². The van der Waals surface area contributed by atoms with E-state index in [-0.39, 0.29) is 18.1 Å². The van der Waals surface area contributed by atoms with Gasteiger partial charge in [0.2, 0.25) is 0 Å². The van der Waals surface area contributed by atoms with Gasteiger partial charge < -0.3 is 20.1 Å². The number of hydrogen-bond acceptors (Lipinski definition) is 4. The Bertz CT molecular complexity index is 241. The third-order valence-corrected chi connectivity index (χ3v) is 3.28. The molecule has 5 nitrogen and oxygen atoms in total. The second-order valence-corrected chi connectivity index (χ2v) is 4.44. The van der Waals surface area contributed by atoms with E-state index in [9.17, 15) is 4.79 Å². The molecule has 16 heavy (non-hydrogen) atoms. The van der Waals surface area contributed by atoms with Gasteiger partial charge in [-0.1, -0.05) is 0 Å². The minimum Gasteiger partial charge on any atom is -0.381 e. The van der Waals surface area contributed by atoms with Gasteiger partial charge in [0.15, 0.2) is 0 Å². The van der Waals surface area contributed by atoms with Crippen molar-refractivity contribution in [3.8, 4) is 0 Å². The van der Waals surface area contributed by atoms with Crippen molar-refractivity contribution in [2.75, 3.05) is 26.8 Å². The maximum atomic E-state index is 11.8. The number of methoxy groups -OCH3 is 1. The molecule has 2 N–H and O–H groups in total. The van der Waals surface area contributed by atoms with Gasteiger partial charge in [-0.05, 0) is 19.3 Å². The lowest BCUT2D eigenvalue weighted by molar-refractivity contribution is -0.134. The molecule has 2 fully saturated rings. The number of nitrogens with one attached hydrogen (secondary N) is 2. The molecule has 1 aliphatic heterocycles. The Labute approximate surface area is 95.9 Å². The van der Waals surface area contributed by atoms with Crippen LogP contribution in [-0.2, 0) is 14.3 Å². The van der Waals surface area contributed by atoms with Crippen molar-refractivity contribution in [3.63, 3.8) is 0 Å². The highest BCUT2D eigenvalue weighted by Gasteiger charge is 2.29. The molecule has 3 unspecified atom stereocenters. The summed E-state index contributed by atoms with van der Waals surface area (Å²) >= 11 is 0. The van der Waals surface area contributed by atoms with Gasteiger partial charge in [-0.15, -0.1) is 0 Å². The third kappa shape index (κ3) is 2.93. The highest BCUT2D eigenvalue weighted by atomic mass is 16.5. The average molecular weight is 228 g/mol. The van der Waals surface area contributed by atoms with Gasteiger partial charge in [0.05, 0.1) is 12.7 Å². The maximum Gasteiger partial charge on any atom is 0.250 e. The van der Waals surface area contributed by atoms with Gasteiger partial charge in [-0.25, -0.2) is 0 Å². The molecule has 0 bridgehead atoms. The van der Waals surface area contributed by atoms with Crippen LogP contribution in [0.3, 0.4) is 0 Å². The Morgan fingerprint density at radius 2 is 2.38 bits per heavy atom. The van der Waals surface area contributed by atoms with Gasteiger partial charge in [0.25, 0.3) is 5.91 Å². The number of amides is 1. The highest BCUT2D eigenvalue weighted by molar-refractivity contribution is 5.81. The molecular weight excluding hydrogens is 208 g/mol. The second kappa shape index (κ2) is 5.61. The molecule has 1 heterocycles. The number of morpholine rings is 1. The van der Waals surface area contributed by atoms with Crippen LogP contribution in [0.15, 0.2) is 0 Å². The number of hydrogen-bond donors (Lipinski definition) is 2. The lowest BCUT2D eigenvalue weighted by Crippen LogP contribution is -2.49. The standard InChI is InChI=1S/C11H20N2O3/c1-15-9-3-2-8(6-9)13-11(14)10-7-12-4-5-16-10/h8-10,12H,2-7H2,1H3,(H,13,14). The smallest absolute Gasteiger partial charge is 0.250 e. The van der Waals surface area contributed by atoms with Crippen molar-refractivity contribution in [1.29, 1.82) is 0 Å². The van der Waals surface area contributed by atoms with Crippen LogP contribution in [0.2, 0.25) is 0 Å². The Hall–Kier alpha value is -0.650. The molecule has 0 aromatic heterocycles. The van der Waals surface area contributed by atoms with E-state index in [1.807, 2.05) is 0 Å². The predicted octanol–water partition coefficient (Wildman–Crippen LogP) is -0.341. The fourth-order valence-electron chi connectivity index (χ4n) is 2.31. The Kier molecular flexibility index (Phi) is 4.15. The van der Waals surface area contributed by atoms with Crippen molar-refractivity contribution in [3.05, 3.63) is 0 Å². The third-order valence-electron chi connectivity index (χ3n) is 3.28. The fraction of sp³-hybridized carbons (Fsp3) is 0.909. The molecule has 0 aromatic rings. The van der Waals surface area contributed by atoms with Crippen molar-refractivity contribution >= 4 is 5.91 Å². The van der Waals surface area contributed by atoms with Gasteiger partial charge in [0.1, 0.15) is 6.10 Å². The molecule has 0 radical (unpaired) electrons. The first-order valence-electron chi connectivity index (χ1n) is 5.95. The molecule has 5 heteroatoms. The van der Waals surface area contributed by atoms with Crippen LogP contribution in [0.25, 0.3) is 0 Å². The number of ether oxygens (including phenoxy) is 2. The number of carbonyl (C=O) groups excluding carboxylic acids is 1.